The van der Waals surface area contributed by atoms with Crippen LogP contribution in [0.3, 0.4) is 0 Å². The molecule has 3 rings (SSSR count). The molecular formula is C22H18N4O3. The maximum absolute atomic E-state index is 12.5. The molecule has 144 valence electrons. The van der Waals surface area contributed by atoms with Crippen molar-refractivity contribution < 1.29 is 14.3 Å². The number of nitrogens with two attached hydrogens (primary N) is 1. The summed E-state index contributed by atoms with van der Waals surface area (Å²) in [6, 6.07) is 9.29. The SMILES string of the molecule is CCOC(=O)C1=C(C)OC(N)=C(C#N)C1c1ccc(C#Cc2cncnc2)cc1. The lowest BCUT2D eigenvalue weighted by molar-refractivity contribution is -0.139. The minimum Gasteiger partial charge on any atom is -0.463 e. The Morgan fingerprint density at radius 3 is 2.48 bits per heavy atom. The Balaban J connectivity index is 1.97. The Hall–Kier alpha value is -4.10. The Kier molecular flexibility index (Phi) is 5.91. The minimum absolute atomic E-state index is 0.0176. The molecule has 0 spiro atoms. The third-order valence-corrected chi connectivity index (χ3v) is 4.26. The molecule has 0 saturated heterocycles. The zero-order valence-corrected chi connectivity index (χ0v) is 16.0. The van der Waals surface area contributed by atoms with Crippen molar-refractivity contribution in [2.45, 2.75) is 19.8 Å². The highest BCUT2D eigenvalue weighted by molar-refractivity contribution is 5.92. The van der Waals surface area contributed by atoms with Crippen molar-refractivity contribution in [2.24, 2.45) is 5.73 Å². The van der Waals surface area contributed by atoms with E-state index in [9.17, 15) is 10.1 Å². The van der Waals surface area contributed by atoms with Crippen LogP contribution in [0.5, 0.6) is 0 Å². The topological polar surface area (TPSA) is 111 Å². The number of nitrogens with zero attached hydrogens (tertiary/aromatic N) is 3. The van der Waals surface area contributed by atoms with Crippen LogP contribution in [-0.4, -0.2) is 22.5 Å². The van der Waals surface area contributed by atoms with Gasteiger partial charge in [0, 0.05) is 18.0 Å². The molecule has 1 aliphatic rings. The van der Waals surface area contributed by atoms with Gasteiger partial charge in [-0.25, -0.2) is 14.8 Å². The van der Waals surface area contributed by atoms with Gasteiger partial charge in [-0.3, -0.25) is 0 Å². The van der Waals surface area contributed by atoms with Gasteiger partial charge in [0.2, 0.25) is 5.88 Å². The van der Waals surface area contributed by atoms with Gasteiger partial charge in [-0.15, -0.1) is 0 Å². The van der Waals surface area contributed by atoms with Crippen LogP contribution in [0.4, 0.5) is 0 Å². The predicted octanol–water partition coefficient (Wildman–Crippen LogP) is 2.52. The molecule has 1 aromatic carbocycles. The molecule has 2 N–H and O–H groups in total. The average molecular weight is 386 g/mol. The number of hydrogen-bond acceptors (Lipinski definition) is 7. The molecule has 0 amide bonds. The molecule has 29 heavy (non-hydrogen) atoms. The van der Waals surface area contributed by atoms with Crippen molar-refractivity contribution in [2.75, 3.05) is 6.61 Å². The summed E-state index contributed by atoms with van der Waals surface area (Å²) < 4.78 is 10.6. The third-order valence-electron chi connectivity index (χ3n) is 4.26. The summed E-state index contributed by atoms with van der Waals surface area (Å²) in [5.74, 6) is 5.10. The van der Waals surface area contributed by atoms with Gasteiger partial charge in [-0.2, -0.15) is 5.26 Å². The van der Waals surface area contributed by atoms with E-state index in [1.165, 1.54) is 6.33 Å². The number of allylic oxidation sites excluding steroid dienone is 2. The van der Waals surface area contributed by atoms with Crippen molar-refractivity contribution in [1.82, 2.24) is 9.97 Å². The van der Waals surface area contributed by atoms with E-state index >= 15 is 0 Å². The Morgan fingerprint density at radius 1 is 1.21 bits per heavy atom. The first-order valence-electron chi connectivity index (χ1n) is 8.87. The highest BCUT2D eigenvalue weighted by atomic mass is 16.5. The van der Waals surface area contributed by atoms with Crippen LogP contribution in [0.25, 0.3) is 0 Å². The molecule has 7 heteroatoms. The van der Waals surface area contributed by atoms with Gasteiger partial charge in [-0.1, -0.05) is 24.0 Å². The number of benzene rings is 1. The van der Waals surface area contributed by atoms with Crippen LogP contribution in [0, 0.1) is 23.2 Å². The molecule has 0 bridgehead atoms. The molecule has 0 radical (unpaired) electrons. The third kappa shape index (κ3) is 4.26. The molecular weight excluding hydrogens is 368 g/mol. The average Bonchev–Trinajstić information content (AvgIpc) is 2.73. The second-order valence-electron chi connectivity index (χ2n) is 6.11. The number of carbonyl (C=O) groups excluding carboxylic acids is 1. The quantitative estimate of drug-likeness (QED) is 0.637. The molecule has 1 atom stereocenters. The molecule has 0 fully saturated rings. The van der Waals surface area contributed by atoms with E-state index in [0.717, 1.165) is 5.56 Å². The fourth-order valence-corrected chi connectivity index (χ4v) is 2.96. The monoisotopic (exact) mass is 386 g/mol. The van der Waals surface area contributed by atoms with Crippen LogP contribution in [0.1, 0.15) is 36.5 Å². The van der Waals surface area contributed by atoms with Crippen LogP contribution in [0.2, 0.25) is 0 Å². The molecule has 0 aliphatic carbocycles. The summed E-state index contributed by atoms with van der Waals surface area (Å²) in [5, 5.41) is 9.60. The number of aromatic nitrogens is 2. The molecule has 7 nitrogen and oxygen atoms in total. The first-order chi connectivity index (χ1) is 14.0. The Morgan fingerprint density at radius 2 is 1.86 bits per heavy atom. The zero-order valence-electron chi connectivity index (χ0n) is 16.0. The van der Waals surface area contributed by atoms with E-state index in [2.05, 4.69) is 27.9 Å². The Bertz CT molecular complexity index is 1080. The van der Waals surface area contributed by atoms with Crippen molar-refractivity contribution in [3.8, 4) is 17.9 Å². The number of hydrogen-bond donors (Lipinski definition) is 1. The molecule has 2 heterocycles. The number of carbonyl (C=O) groups is 1. The summed E-state index contributed by atoms with van der Waals surface area (Å²) in [7, 11) is 0. The highest BCUT2D eigenvalue weighted by Crippen LogP contribution is 2.39. The van der Waals surface area contributed by atoms with E-state index in [4.69, 9.17) is 15.2 Å². The first kappa shape index (κ1) is 19.7. The summed E-state index contributed by atoms with van der Waals surface area (Å²) >= 11 is 0. The zero-order chi connectivity index (χ0) is 20.8. The Labute approximate surface area is 168 Å². The van der Waals surface area contributed by atoms with Gasteiger partial charge in [0.05, 0.1) is 23.7 Å². The largest absolute Gasteiger partial charge is 0.463 e. The second kappa shape index (κ2) is 8.73. The van der Waals surface area contributed by atoms with Crippen molar-refractivity contribution >= 4 is 5.97 Å². The van der Waals surface area contributed by atoms with Gasteiger partial charge in [0.25, 0.3) is 0 Å². The first-order valence-corrected chi connectivity index (χ1v) is 8.87. The molecule has 2 aromatic rings. The molecule has 1 aromatic heterocycles. The van der Waals surface area contributed by atoms with Crippen molar-refractivity contribution in [3.05, 3.63) is 82.5 Å². The number of esters is 1. The van der Waals surface area contributed by atoms with Gasteiger partial charge in [0.1, 0.15) is 23.7 Å². The standard InChI is InChI=1S/C22H18N4O3/c1-3-28-22(27)19-14(2)29-21(24)18(10-23)20(19)17-8-6-15(7-9-17)4-5-16-11-25-13-26-12-16/h6-9,11-13,20H,3,24H2,1-2H3. The van der Waals surface area contributed by atoms with Gasteiger partial charge < -0.3 is 15.2 Å². The summed E-state index contributed by atoms with van der Waals surface area (Å²) in [6.45, 7) is 3.55. The fourth-order valence-electron chi connectivity index (χ4n) is 2.96. The van der Waals surface area contributed by atoms with Crippen LogP contribution in [-0.2, 0) is 14.3 Å². The number of nitriles is 1. The van der Waals surface area contributed by atoms with E-state index in [1.54, 1.807) is 38.4 Å². The maximum atomic E-state index is 12.5. The van der Waals surface area contributed by atoms with Gasteiger partial charge in [0.15, 0.2) is 0 Å². The normalized spacial score (nSPS) is 15.7. The fraction of sp³-hybridized carbons (Fsp3) is 0.182. The van der Waals surface area contributed by atoms with E-state index in [0.29, 0.717) is 16.9 Å². The lowest BCUT2D eigenvalue weighted by Gasteiger charge is -2.26. The van der Waals surface area contributed by atoms with Crippen molar-refractivity contribution in [1.29, 1.82) is 5.26 Å². The van der Waals surface area contributed by atoms with Crippen LogP contribution < -0.4 is 5.73 Å². The van der Waals surface area contributed by atoms with Gasteiger partial charge >= 0.3 is 5.97 Å². The summed E-state index contributed by atoms with van der Waals surface area (Å²) in [6.07, 6.45) is 4.70. The van der Waals surface area contributed by atoms with Gasteiger partial charge in [-0.05, 0) is 31.5 Å². The number of ether oxygens (including phenoxy) is 2. The van der Waals surface area contributed by atoms with E-state index in [1.807, 2.05) is 12.1 Å². The lowest BCUT2D eigenvalue weighted by Crippen LogP contribution is -2.25. The minimum atomic E-state index is -0.669. The second-order valence-corrected chi connectivity index (χ2v) is 6.11. The number of rotatable bonds is 3. The summed E-state index contributed by atoms with van der Waals surface area (Å²) in [5.41, 5.74) is 8.50. The molecule has 1 aliphatic heterocycles. The predicted molar refractivity (Wildman–Crippen MR) is 104 cm³/mol. The van der Waals surface area contributed by atoms with Crippen LogP contribution >= 0.6 is 0 Å². The van der Waals surface area contributed by atoms with E-state index in [-0.39, 0.29) is 23.6 Å². The van der Waals surface area contributed by atoms with Crippen LogP contribution in [0.15, 0.2) is 65.8 Å². The lowest BCUT2D eigenvalue weighted by atomic mass is 9.83. The van der Waals surface area contributed by atoms with E-state index < -0.39 is 11.9 Å². The maximum Gasteiger partial charge on any atom is 0.338 e. The summed E-state index contributed by atoms with van der Waals surface area (Å²) in [4.78, 5) is 20.4. The van der Waals surface area contributed by atoms with Crippen molar-refractivity contribution in [3.63, 3.8) is 0 Å². The highest BCUT2D eigenvalue weighted by Gasteiger charge is 2.36. The smallest absolute Gasteiger partial charge is 0.338 e. The molecule has 0 saturated carbocycles. The molecule has 1 unspecified atom stereocenters.